The summed E-state index contributed by atoms with van der Waals surface area (Å²) in [5, 5.41) is 0. The van der Waals surface area contributed by atoms with Crippen LogP contribution in [-0.2, 0) is 0 Å². The van der Waals surface area contributed by atoms with Crippen molar-refractivity contribution < 1.29 is 4.79 Å². The Morgan fingerprint density at radius 1 is 0.957 bits per heavy atom. The summed E-state index contributed by atoms with van der Waals surface area (Å²) in [6, 6.07) is 14.1. The highest BCUT2D eigenvalue weighted by Gasteiger charge is 2.32. The number of carbonyl (C=O) groups excluding carboxylic acids is 1. The number of fused-ring (bicyclic) bond motifs is 4. The van der Waals surface area contributed by atoms with Crippen LogP contribution < -0.4 is 0 Å². The van der Waals surface area contributed by atoms with E-state index in [-0.39, 0.29) is 5.91 Å². The molecule has 0 aliphatic carbocycles. The maximum absolute atomic E-state index is 12.9. The van der Waals surface area contributed by atoms with Crippen LogP contribution in [0.1, 0.15) is 23.2 Å². The van der Waals surface area contributed by atoms with Crippen molar-refractivity contribution in [3.63, 3.8) is 0 Å². The Kier molecular flexibility index (Phi) is 3.83. The highest BCUT2D eigenvalue weighted by atomic mass is 16.2. The second-order valence-electron chi connectivity index (χ2n) is 6.36. The Morgan fingerprint density at radius 3 is 2.43 bits per heavy atom. The van der Waals surface area contributed by atoms with Gasteiger partial charge in [-0.25, -0.2) is 0 Å². The van der Waals surface area contributed by atoms with Gasteiger partial charge in [0.15, 0.2) is 0 Å². The molecule has 3 aliphatic heterocycles. The van der Waals surface area contributed by atoms with Crippen molar-refractivity contribution in [3.05, 3.63) is 54.2 Å². The molecule has 0 saturated carbocycles. The van der Waals surface area contributed by atoms with Gasteiger partial charge in [-0.3, -0.25) is 9.78 Å². The molecular formula is C19H21N3O. The lowest BCUT2D eigenvalue weighted by atomic mass is 10.0. The van der Waals surface area contributed by atoms with Gasteiger partial charge in [-0.05, 0) is 37.1 Å². The van der Waals surface area contributed by atoms with Crippen molar-refractivity contribution in [1.82, 2.24) is 14.8 Å². The third kappa shape index (κ3) is 2.86. The largest absolute Gasteiger partial charge is 0.334 e. The van der Waals surface area contributed by atoms with Gasteiger partial charge in [0.05, 0.1) is 5.69 Å². The zero-order chi connectivity index (χ0) is 15.6. The third-order valence-electron chi connectivity index (χ3n) is 5.01. The van der Waals surface area contributed by atoms with Crippen LogP contribution in [0.2, 0.25) is 0 Å². The maximum Gasteiger partial charge on any atom is 0.254 e. The fraction of sp³-hybridized carbons (Fsp3) is 0.368. The van der Waals surface area contributed by atoms with Gasteiger partial charge in [-0.2, -0.15) is 0 Å². The topological polar surface area (TPSA) is 36.4 Å². The summed E-state index contributed by atoms with van der Waals surface area (Å²) in [4.78, 5) is 21.8. The molecule has 23 heavy (non-hydrogen) atoms. The van der Waals surface area contributed by atoms with E-state index in [0.29, 0.717) is 6.04 Å². The lowest BCUT2D eigenvalue weighted by Gasteiger charge is -2.31. The first-order valence-electron chi connectivity index (χ1n) is 8.36. The van der Waals surface area contributed by atoms with Gasteiger partial charge in [0.2, 0.25) is 0 Å². The molecule has 0 radical (unpaired) electrons. The molecule has 1 aromatic heterocycles. The summed E-state index contributed by atoms with van der Waals surface area (Å²) >= 11 is 0. The third-order valence-corrected chi connectivity index (χ3v) is 5.01. The first kappa shape index (κ1) is 14.4. The molecule has 4 heterocycles. The quantitative estimate of drug-likeness (QED) is 0.856. The van der Waals surface area contributed by atoms with Gasteiger partial charge in [-0.15, -0.1) is 0 Å². The van der Waals surface area contributed by atoms with Gasteiger partial charge in [0.25, 0.3) is 5.91 Å². The van der Waals surface area contributed by atoms with Crippen molar-refractivity contribution in [3.8, 4) is 11.3 Å². The first-order valence-corrected chi connectivity index (χ1v) is 8.36. The summed E-state index contributed by atoms with van der Waals surface area (Å²) < 4.78 is 0. The Labute approximate surface area is 136 Å². The molecule has 3 aliphatic rings. The predicted molar refractivity (Wildman–Crippen MR) is 90.2 cm³/mol. The minimum Gasteiger partial charge on any atom is -0.334 e. The average molecular weight is 307 g/mol. The second-order valence-corrected chi connectivity index (χ2v) is 6.36. The van der Waals surface area contributed by atoms with Crippen LogP contribution in [0, 0.1) is 0 Å². The molecule has 4 nitrogen and oxygen atoms in total. The summed E-state index contributed by atoms with van der Waals surface area (Å²) in [6.45, 7) is 4.12. The van der Waals surface area contributed by atoms with Gasteiger partial charge in [0, 0.05) is 49.5 Å². The molecule has 118 valence electrons. The lowest BCUT2D eigenvalue weighted by Crippen LogP contribution is -2.41. The normalized spacial score (nSPS) is 23.6. The van der Waals surface area contributed by atoms with Gasteiger partial charge in [-0.1, -0.05) is 18.2 Å². The minimum atomic E-state index is 0.173. The standard InChI is InChI=1S/C19H21N3O/c23-19(22-14-13-21-11-8-17(22)9-12-21)16-6-4-15(5-7-16)18-3-1-2-10-20-18/h1-7,10,17H,8-9,11-14H2. The molecule has 3 saturated heterocycles. The van der Waals surface area contributed by atoms with E-state index in [1.807, 2.05) is 42.5 Å². The van der Waals surface area contributed by atoms with E-state index in [0.717, 1.165) is 55.8 Å². The number of nitrogens with zero attached hydrogens (tertiary/aromatic N) is 3. The molecule has 5 rings (SSSR count). The van der Waals surface area contributed by atoms with Crippen molar-refractivity contribution in [1.29, 1.82) is 0 Å². The van der Waals surface area contributed by atoms with Gasteiger partial charge >= 0.3 is 0 Å². The number of rotatable bonds is 2. The zero-order valence-electron chi connectivity index (χ0n) is 13.2. The summed E-state index contributed by atoms with van der Waals surface area (Å²) in [7, 11) is 0. The number of pyridine rings is 1. The smallest absolute Gasteiger partial charge is 0.254 e. The van der Waals surface area contributed by atoms with Crippen LogP contribution in [0.15, 0.2) is 48.7 Å². The summed E-state index contributed by atoms with van der Waals surface area (Å²) in [6.07, 6.45) is 4.01. The van der Waals surface area contributed by atoms with Gasteiger partial charge < -0.3 is 9.80 Å². The highest BCUT2D eigenvalue weighted by Crippen LogP contribution is 2.24. The number of hydrogen-bond donors (Lipinski definition) is 0. The summed E-state index contributed by atoms with van der Waals surface area (Å²) in [5.41, 5.74) is 2.77. The van der Waals surface area contributed by atoms with E-state index in [9.17, 15) is 4.79 Å². The Balaban J connectivity index is 1.54. The fourth-order valence-electron chi connectivity index (χ4n) is 3.64. The number of amides is 1. The van der Waals surface area contributed by atoms with Crippen molar-refractivity contribution >= 4 is 5.91 Å². The van der Waals surface area contributed by atoms with Gasteiger partial charge in [0.1, 0.15) is 0 Å². The number of hydrogen-bond acceptors (Lipinski definition) is 3. The van der Waals surface area contributed by atoms with Crippen LogP contribution in [0.4, 0.5) is 0 Å². The van der Waals surface area contributed by atoms with Crippen LogP contribution in [-0.4, -0.2) is 52.9 Å². The SMILES string of the molecule is O=C(c1ccc(-c2ccccn2)cc1)N1CCN2CCC1CC2. The molecular weight excluding hydrogens is 286 g/mol. The number of benzene rings is 1. The van der Waals surface area contributed by atoms with Crippen LogP contribution in [0.25, 0.3) is 11.3 Å². The van der Waals surface area contributed by atoms with E-state index in [2.05, 4.69) is 14.8 Å². The zero-order valence-corrected chi connectivity index (χ0v) is 13.2. The molecule has 1 amide bonds. The fourth-order valence-corrected chi connectivity index (χ4v) is 3.64. The monoisotopic (exact) mass is 307 g/mol. The molecule has 2 bridgehead atoms. The van der Waals surface area contributed by atoms with Crippen LogP contribution in [0.3, 0.4) is 0 Å². The molecule has 3 fully saturated rings. The molecule has 0 atom stereocenters. The highest BCUT2D eigenvalue weighted by molar-refractivity contribution is 5.95. The maximum atomic E-state index is 12.9. The van der Waals surface area contributed by atoms with Crippen molar-refractivity contribution in [2.24, 2.45) is 0 Å². The molecule has 0 N–H and O–H groups in total. The lowest BCUT2D eigenvalue weighted by molar-refractivity contribution is 0.0685. The molecule has 2 aromatic rings. The van der Waals surface area contributed by atoms with E-state index in [4.69, 9.17) is 0 Å². The first-order chi connectivity index (χ1) is 11.3. The minimum absolute atomic E-state index is 0.173. The molecule has 1 aromatic carbocycles. The van der Waals surface area contributed by atoms with E-state index >= 15 is 0 Å². The van der Waals surface area contributed by atoms with Crippen LogP contribution in [0.5, 0.6) is 0 Å². The number of aromatic nitrogens is 1. The van der Waals surface area contributed by atoms with E-state index in [1.54, 1.807) is 6.20 Å². The number of piperidine rings is 1. The van der Waals surface area contributed by atoms with Crippen molar-refractivity contribution in [2.45, 2.75) is 18.9 Å². The molecule has 0 spiro atoms. The second kappa shape index (κ2) is 6.13. The average Bonchev–Trinajstić information content (AvgIpc) is 2.96. The molecule has 4 heteroatoms. The summed E-state index contributed by atoms with van der Waals surface area (Å²) in [5.74, 6) is 0.173. The van der Waals surface area contributed by atoms with E-state index < -0.39 is 0 Å². The number of carbonyl (C=O) groups is 1. The Morgan fingerprint density at radius 2 is 1.74 bits per heavy atom. The molecule has 0 unspecified atom stereocenters. The Bertz CT molecular complexity index is 676. The van der Waals surface area contributed by atoms with E-state index in [1.165, 1.54) is 0 Å². The predicted octanol–water partition coefficient (Wildman–Crippen LogP) is 2.67. The van der Waals surface area contributed by atoms with Crippen molar-refractivity contribution in [2.75, 3.05) is 26.2 Å². The van der Waals surface area contributed by atoms with Crippen LogP contribution >= 0.6 is 0 Å². The Hall–Kier alpha value is -2.20.